The molecule has 164 valence electrons. The number of phenols is 1. The number of para-hydroxylation sites is 1. The van der Waals surface area contributed by atoms with Crippen molar-refractivity contribution in [2.24, 2.45) is 0 Å². The van der Waals surface area contributed by atoms with Gasteiger partial charge in [-0.15, -0.1) is 0 Å². The molecule has 2 aromatic carbocycles. The summed E-state index contributed by atoms with van der Waals surface area (Å²) in [5.41, 5.74) is 1.62. The molecule has 0 aliphatic rings. The minimum absolute atomic E-state index is 0.0474. The Labute approximate surface area is 180 Å². The number of phenolic OH excluding ortho intramolecular Hbond substituents is 1. The maximum absolute atomic E-state index is 13.1. The fourth-order valence-corrected chi connectivity index (χ4v) is 4.19. The average molecular weight is 435 g/mol. The van der Waals surface area contributed by atoms with Crippen LogP contribution in [0.15, 0.2) is 44.3 Å². The number of H-pyrrole nitrogens is 2. The number of furan rings is 1. The second-order valence-corrected chi connectivity index (χ2v) is 7.76. The van der Waals surface area contributed by atoms with Gasteiger partial charge in [0.25, 0.3) is 5.56 Å². The van der Waals surface area contributed by atoms with Crippen LogP contribution >= 0.6 is 0 Å². The van der Waals surface area contributed by atoms with Gasteiger partial charge in [0.1, 0.15) is 5.65 Å². The molecule has 3 aromatic heterocycles. The summed E-state index contributed by atoms with van der Waals surface area (Å²) in [7, 11) is 3.05. The van der Waals surface area contributed by atoms with Gasteiger partial charge in [0.15, 0.2) is 22.7 Å². The van der Waals surface area contributed by atoms with Crippen LogP contribution in [0.4, 0.5) is 0 Å². The number of pyridine rings is 1. The lowest BCUT2D eigenvalue weighted by atomic mass is 10.0. The fraction of sp³-hybridized carbons (Fsp3) is 0.217. The lowest BCUT2D eigenvalue weighted by Gasteiger charge is -2.14. The third-order valence-electron chi connectivity index (χ3n) is 5.63. The van der Waals surface area contributed by atoms with Crippen LogP contribution < -0.4 is 20.5 Å². The van der Waals surface area contributed by atoms with Crippen molar-refractivity contribution >= 4 is 33.1 Å². The van der Waals surface area contributed by atoms with Gasteiger partial charge in [-0.3, -0.25) is 19.4 Å². The quantitative estimate of drug-likeness (QED) is 0.394. The highest BCUT2D eigenvalue weighted by Crippen LogP contribution is 2.45. The van der Waals surface area contributed by atoms with Crippen molar-refractivity contribution in [3.63, 3.8) is 0 Å². The summed E-state index contributed by atoms with van der Waals surface area (Å²) in [4.78, 5) is 28.4. The average Bonchev–Trinajstić information content (AvgIpc) is 3.32. The summed E-state index contributed by atoms with van der Waals surface area (Å²) in [6.45, 7) is 3.89. The van der Waals surface area contributed by atoms with Crippen LogP contribution in [0.2, 0.25) is 0 Å². The summed E-state index contributed by atoms with van der Waals surface area (Å²) >= 11 is 0. The number of ether oxygens (including phenoxy) is 2. The molecule has 0 atom stereocenters. The van der Waals surface area contributed by atoms with Crippen molar-refractivity contribution in [2.75, 3.05) is 14.2 Å². The van der Waals surface area contributed by atoms with E-state index in [1.165, 1.54) is 20.3 Å². The van der Waals surface area contributed by atoms with Gasteiger partial charge in [-0.2, -0.15) is 0 Å². The van der Waals surface area contributed by atoms with Crippen molar-refractivity contribution in [1.29, 1.82) is 0 Å². The number of hydrogen-bond acceptors (Lipinski definition) is 6. The van der Waals surface area contributed by atoms with Crippen molar-refractivity contribution in [2.45, 2.75) is 19.9 Å². The molecule has 3 heterocycles. The van der Waals surface area contributed by atoms with E-state index < -0.39 is 11.2 Å². The number of nitrogens with one attached hydrogen (secondary N) is 2. The molecule has 0 aliphatic carbocycles. The first-order valence-electron chi connectivity index (χ1n) is 10.0. The number of hydrogen-bond donors (Lipinski definition) is 3. The van der Waals surface area contributed by atoms with E-state index in [9.17, 15) is 14.7 Å². The minimum atomic E-state index is -0.550. The molecule has 0 unspecified atom stereocenters. The molecule has 0 bridgehead atoms. The Morgan fingerprint density at radius 3 is 2.53 bits per heavy atom. The Balaban J connectivity index is 2.09. The Morgan fingerprint density at radius 2 is 1.84 bits per heavy atom. The van der Waals surface area contributed by atoms with Crippen LogP contribution in [0, 0.1) is 0 Å². The highest BCUT2D eigenvalue weighted by Gasteiger charge is 2.26. The van der Waals surface area contributed by atoms with Crippen molar-refractivity contribution in [1.82, 2.24) is 14.8 Å². The molecule has 0 radical (unpaired) electrons. The van der Waals surface area contributed by atoms with Gasteiger partial charge in [0, 0.05) is 22.6 Å². The van der Waals surface area contributed by atoms with E-state index in [2.05, 4.69) is 10.1 Å². The van der Waals surface area contributed by atoms with E-state index in [0.717, 1.165) is 0 Å². The first-order valence-corrected chi connectivity index (χ1v) is 10.0. The standard InChI is InChI=1S/C23H21N3O6/c1-10(2)26-22-16(23(29)25-26)15(11-6-5-7-14(30-3)19(11)31-4)21-17(24-22)12-8-9-13(27)18(28)20(12)32-21/h5-10,24,28H,1-4H3,(H,25,29). The van der Waals surface area contributed by atoms with Gasteiger partial charge in [-0.1, -0.05) is 12.1 Å². The molecule has 0 spiro atoms. The molecular formula is C23H21N3O6. The van der Waals surface area contributed by atoms with E-state index in [4.69, 9.17) is 13.9 Å². The van der Waals surface area contributed by atoms with Crippen molar-refractivity contribution in [3.8, 4) is 28.4 Å². The van der Waals surface area contributed by atoms with E-state index in [0.29, 0.717) is 50.1 Å². The normalized spacial score (nSPS) is 11.8. The number of aromatic nitrogens is 3. The Morgan fingerprint density at radius 1 is 1.06 bits per heavy atom. The van der Waals surface area contributed by atoms with E-state index in [-0.39, 0.29) is 17.2 Å². The highest BCUT2D eigenvalue weighted by molar-refractivity contribution is 6.15. The number of benzene rings is 2. The first kappa shape index (κ1) is 19.8. The number of rotatable bonds is 4. The van der Waals surface area contributed by atoms with Gasteiger partial charge >= 0.3 is 0 Å². The second kappa shape index (κ2) is 6.94. The summed E-state index contributed by atoms with van der Waals surface area (Å²) < 4.78 is 18.8. The van der Waals surface area contributed by atoms with Gasteiger partial charge in [0.05, 0.1) is 25.1 Å². The SMILES string of the molecule is COc1cccc(-c2c3oc4c(O)c(=O)ccc4c3[nH]c3c2c(=O)[nH]n3C(C)C)c1OC. The predicted octanol–water partition coefficient (Wildman–Crippen LogP) is 3.89. The van der Waals surface area contributed by atoms with Crippen LogP contribution in [0.1, 0.15) is 19.9 Å². The molecule has 3 N–H and O–H groups in total. The Hall–Kier alpha value is -4.14. The third-order valence-corrected chi connectivity index (χ3v) is 5.63. The lowest BCUT2D eigenvalue weighted by molar-refractivity contribution is 0.356. The van der Waals surface area contributed by atoms with Gasteiger partial charge in [-0.05, 0) is 32.0 Å². The molecule has 5 rings (SSSR count). The molecule has 0 saturated heterocycles. The van der Waals surface area contributed by atoms with Gasteiger partial charge in [0.2, 0.25) is 11.2 Å². The molecule has 9 heteroatoms. The molecule has 0 amide bonds. The molecule has 0 aliphatic heterocycles. The summed E-state index contributed by atoms with van der Waals surface area (Å²) in [6.07, 6.45) is 0. The van der Waals surface area contributed by atoms with Gasteiger partial charge in [-0.25, -0.2) is 0 Å². The fourth-order valence-electron chi connectivity index (χ4n) is 4.19. The topological polar surface area (TPSA) is 122 Å². The lowest BCUT2D eigenvalue weighted by Crippen LogP contribution is -2.07. The van der Waals surface area contributed by atoms with Crippen molar-refractivity contribution < 1.29 is 19.0 Å². The largest absolute Gasteiger partial charge is 0.502 e. The first-order chi connectivity index (χ1) is 15.4. The van der Waals surface area contributed by atoms with Crippen LogP contribution in [0.25, 0.3) is 44.2 Å². The Kier molecular flexibility index (Phi) is 4.30. The molecule has 0 fully saturated rings. The zero-order chi connectivity index (χ0) is 22.7. The minimum Gasteiger partial charge on any atom is -0.502 e. The number of methoxy groups -OCH3 is 2. The summed E-state index contributed by atoms with van der Waals surface area (Å²) in [6, 6.07) is 8.16. The third kappa shape index (κ3) is 2.57. The smallest absolute Gasteiger partial charge is 0.274 e. The number of aromatic amines is 2. The van der Waals surface area contributed by atoms with Gasteiger partial charge < -0.3 is 24.0 Å². The zero-order valence-electron chi connectivity index (χ0n) is 17.9. The molecule has 0 saturated carbocycles. The zero-order valence-corrected chi connectivity index (χ0v) is 17.9. The van der Waals surface area contributed by atoms with Crippen LogP contribution in [-0.4, -0.2) is 34.1 Å². The van der Waals surface area contributed by atoms with Crippen LogP contribution in [0.5, 0.6) is 17.2 Å². The van der Waals surface area contributed by atoms with Crippen LogP contribution in [0.3, 0.4) is 0 Å². The monoisotopic (exact) mass is 435 g/mol. The summed E-state index contributed by atoms with van der Waals surface area (Å²) in [5, 5.41) is 14.1. The second-order valence-electron chi connectivity index (χ2n) is 7.76. The molecule has 32 heavy (non-hydrogen) atoms. The number of fused-ring (bicyclic) bond motifs is 4. The summed E-state index contributed by atoms with van der Waals surface area (Å²) in [5.74, 6) is 0.426. The Bertz CT molecular complexity index is 1630. The molecular weight excluding hydrogens is 414 g/mol. The van der Waals surface area contributed by atoms with E-state index in [1.54, 1.807) is 28.9 Å². The molecule has 5 aromatic rings. The predicted molar refractivity (Wildman–Crippen MR) is 121 cm³/mol. The number of nitrogens with zero attached hydrogens (tertiary/aromatic N) is 1. The maximum Gasteiger partial charge on any atom is 0.274 e. The van der Waals surface area contributed by atoms with Crippen LogP contribution in [-0.2, 0) is 0 Å². The number of aromatic hydroxyl groups is 1. The van der Waals surface area contributed by atoms with Crippen molar-refractivity contribution in [3.05, 3.63) is 50.9 Å². The highest BCUT2D eigenvalue weighted by atomic mass is 16.5. The van der Waals surface area contributed by atoms with E-state index in [1.807, 2.05) is 13.8 Å². The van der Waals surface area contributed by atoms with E-state index >= 15 is 0 Å². The maximum atomic E-state index is 13.1. The molecule has 9 nitrogen and oxygen atoms in total.